The summed E-state index contributed by atoms with van der Waals surface area (Å²) in [5.74, 6) is -0.935. The first kappa shape index (κ1) is 61.4. The molecule has 0 saturated carbocycles. The molecule has 0 aliphatic carbocycles. The van der Waals surface area contributed by atoms with Crippen molar-refractivity contribution >= 4 is 17.9 Å². The molecule has 0 aromatic rings. The van der Waals surface area contributed by atoms with Gasteiger partial charge in [0.25, 0.3) is 0 Å². The Morgan fingerprint density at radius 2 is 0.562 bits per heavy atom. The Labute approximate surface area is 397 Å². The van der Waals surface area contributed by atoms with Gasteiger partial charge < -0.3 is 14.2 Å². The average Bonchev–Trinajstić information content (AvgIpc) is 3.29. The van der Waals surface area contributed by atoms with E-state index in [2.05, 4.69) is 69.4 Å². The van der Waals surface area contributed by atoms with E-state index in [4.69, 9.17) is 14.2 Å². The molecule has 6 heteroatoms. The van der Waals surface area contributed by atoms with Crippen LogP contribution in [0.4, 0.5) is 0 Å². The first-order valence-electron chi connectivity index (χ1n) is 27.7. The monoisotopic (exact) mass is 897 g/mol. The molecule has 0 aromatic carbocycles. The van der Waals surface area contributed by atoms with Crippen molar-refractivity contribution in [1.29, 1.82) is 0 Å². The van der Waals surface area contributed by atoms with Gasteiger partial charge in [0.2, 0.25) is 0 Å². The van der Waals surface area contributed by atoms with Gasteiger partial charge in [0.1, 0.15) is 13.2 Å². The lowest BCUT2D eigenvalue weighted by atomic mass is 10.0. The van der Waals surface area contributed by atoms with Crippen molar-refractivity contribution in [2.75, 3.05) is 13.2 Å². The average molecular weight is 897 g/mol. The van der Waals surface area contributed by atoms with Crippen molar-refractivity contribution in [2.45, 2.75) is 290 Å². The molecule has 0 rings (SSSR count). The molecule has 6 nitrogen and oxygen atoms in total. The third kappa shape index (κ3) is 50.4. The summed E-state index contributed by atoms with van der Waals surface area (Å²) in [6, 6.07) is 0. The van der Waals surface area contributed by atoms with Crippen LogP contribution in [0.1, 0.15) is 284 Å². The molecule has 0 N–H and O–H groups in total. The fourth-order valence-corrected chi connectivity index (χ4v) is 7.88. The number of carbonyl (C=O) groups excluding carboxylic acids is 3. The van der Waals surface area contributed by atoms with Crippen molar-refractivity contribution in [1.82, 2.24) is 0 Å². The maximum Gasteiger partial charge on any atom is 0.306 e. The minimum atomic E-state index is -0.795. The van der Waals surface area contributed by atoms with Crippen molar-refractivity contribution < 1.29 is 28.6 Å². The van der Waals surface area contributed by atoms with E-state index in [0.717, 1.165) is 83.5 Å². The molecule has 0 radical (unpaired) electrons. The molecule has 0 aromatic heterocycles. The first-order chi connectivity index (χ1) is 31.5. The first-order valence-corrected chi connectivity index (χ1v) is 27.7. The highest BCUT2D eigenvalue weighted by molar-refractivity contribution is 5.71. The Kier molecular flexibility index (Phi) is 50.8. The van der Waals surface area contributed by atoms with Gasteiger partial charge in [-0.2, -0.15) is 0 Å². The maximum absolute atomic E-state index is 12.8. The fourth-order valence-electron chi connectivity index (χ4n) is 7.88. The summed E-state index contributed by atoms with van der Waals surface area (Å²) < 4.78 is 16.8. The highest BCUT2D eigenvalue weighted by Crippen LogP contribution is 2.16. The van der Waals surface area contributed by atoms with E-state index in [1.54, 1.807) is 0 Å². The van der Waals surface area contributed by atoms with E-state index in [9.17, 15) is 14.4 Å². The molecule has 64 heavy (non-hydrogen) atoms. The zero-order chi connectivity index (χ0) is 46.5. The lowest BCUT2D eigenvalue weighted by Crippen LogP contribution is -2.30. The second-order valence-electron chi connectivity index (χ2n) is 18.6. The number of allylic oxidation sites excluding steroid dienone is 8. The Balaban J connectivity index is 4.36. The summed E-state index contributed by atoms with van der Waals surface area (Å²) >= 11 is 0. The van der Waals surface area contributed by atoms with Gasteiger partial charge >= 0.3 is 17.9 Å². The molecule has 0 bridgehead atoms. The summed E-state index contributed by atoms with van der Waals surface area (Å²) in [6.07, 6.45) is 63.9. The molecular formula is C58H104O6. The summed E-state index contributed by atoms with van der Waals surface area (Å²) in [7, 11) is 0. The van der Waals surface area contributed by atoms with E-state index in [-0.39, 0.29) is 31.1 Å². The van der Waals surface area contributed by atoms with Crippen LogP contribution in [0.5, 0.6) is 0 Å². The van der Waals surface area contributed by atoms with Crippen LogP contribution < -0.4 is 0 Å². The predicted octanol–water partition coefficient (Wildman–Crippen LogP) is 18.3. The number of hydrogen-bond donors (Lipinski definition) is 0. The summed E-state index contributed by atoms with van der Waals surface area (Å²) in [5, 5.41) is 0. The minimum Gasteiger partial charge on any atom is -0.462 e. The largest absolute Gasteiger partial charge is 0.462 e. The highest BCUT2D eigenvalue weighted by atomic mass is 16.6. The number of hydrogen-bond acceptors (Lipinski definition) is 6. The summed E-state index contributed by atoms with van der Waals surface area (Å²) in [6.45, 7) is 6.56. The standard InChI is InChI=1S/C58H104O6/c1-4-7-10-13-16-19-22-24-26-28-29-30-32-33-36-39-42-45-48-51-57(60)63-54-55(53-62-56(59)50-47-44-41-38-35-21-18-15-12-9-6-3)64-58(61)52-49-46-43-40-37-34-31-27-25-23-20-17-14-11-8-5-2/h15,18,21,27,31,34-35,37,55H,4-14,16-17,19-20,22-26,28-30,32-33,36,38-54H2,1-3H3/b18-15-,31-27-,35-21-,37-34-. The number of ether oxygens (including phenoxy) is 3. The van der Waals surface area contributed by atoms with Gasteiger partial charge in [-0.1, -0.05) is 249 Å². The van der Waals surface area contributed by atoms with Gasteiger partial charge in [0.05, 0.1) is 0 Å². The van der Waals surface area contributed by atoms with E-state index in [1.165, 1.54) is 161 Å². The zero-order valence-corrected chi connectivity index (χ0v) is 42.6. The van der Waals surface area contributed by atoms with E-state index in [0.29, 0.717) is 19.3 Å². The van der Waals surface area contributed by atoms with Gasteiger partial charge in [0.15, 0.2) is 6.10 Å². The van der Waals surface area contributed by atoms with Gasteiger partial charge in [0, 0.05) is 19.3 Å². The molecule has 0 aliphatic heterocycles. The second-order valence-corrected chi connectivity index (χ2v) is 18.6. The van der Waals surface area contributed by atoms with Crippen LogP contribution in [-0.4, -0.2) is 37.2 Å². The topological polar surface area (TPSA) is 78.9 Å². The van der Waals surface area contributed by atoms with Crippen LogP contribution in [0.3, 0.4) is 0 Å². The second kappa shape index (κ2) is 53.0. The smallest absolute Gasteiger partial charge is 0.306 e. The molecule has 0 aliphatic rings. The lowest BCUT2D eigenvalue weighted by Gasteiger charge is -2.18. The van der Waals surface area contributed by atoms with Crippen molar-refractivity contribution in [2.24, 2.45) is 0 Å². The van der Waals surface area contributed by atoms with Crippen LogP contribution in [0.2, 0.25) is 0 Å². The molecule has 372 valence electrons. The van der Waals surface area contributed by atoms with Gasteiger partial charge in [-0.15, -0.1) is 0 Å². The fraction of sp³-hybridized carbons (Fsp3) is 0.810. The van der Waals surface area contributed by atoms with Crippen LogP contribution in [0.25, 0.3) is 0 Å². The zero-order valence-electron chi connectivity index (χ0n) is 42.6. The lowest BCUT2D eigenvalue weighted by molar-refractivity contribution is -0.167. The normalized spacial score (nSPS) is 12.4. The number of carbonyl (C=O) groups is 3. The minimum absolute atomic E-state index is 0.0898. The van der Waals surface area contributed by atoms with Crippen LogP contribution >= 0.6 is 0 Å². The summed E-state index contributed by atoms with van der Waals surface area (Å²) in [5.41, 5.74) is 0. The van der Waals surface area contributed by atoms with Crippen molar-refractivity contribution in [3.8, 4) is 0 Å². The van der Waals surface area contributed by atoms with E-state index < -0.39 is 6.10 Å². The highest BCUT2D eigenvalue weighted by Gasteiger charge is 2.19. The van der Waals surface area contributed by atoms with Crippen LogP contribution in [-0.2, 0) is 28.6 Å². The maximum atomic E-state index is 12.8. The van der Waals surface area contributed by atoms with Crippen LogP contribution in [0.15, 0.2) is 48.6 Å². The summed E-state index contributed by atoms with van der Waals surface area (Å²) in [4.78, 5) is 38.0. The molecule has 0 spiro atoms. The Bertz CT molecular complexity index is 1120. The Morgan fingerprint density at radius 1 is 0.312 bits per heavy atom. The number of unbranched alkanes of at least 4 members (excludes halogenated alkanes) is 33. The quantitative estimate of drug-likeness (QED) is 0.0262. The van der Waals surface area contributed by atoms with Crippen molar-refractivity contribution in [3.05, 3.63) is 48.6 Å². The van der Waals surface area contributed by atoms with Gasteiger partial charge in [-0.25, -0.2) is 0 Å². The molecule has 0 fully saturated rings. The predicted molar refractivity (Wildman–Crippen MR) is 275 cm³/mol. The van der Waals surface area contributed by atoms with E-state index in [1.807, 2.05) is 0 Å². The molecular weight excluding hydrogens is 793 g/mol. The van der Waals surface area contributed by atoms with Gasteiger partial charge in [-0.3, -0.25) is 14.4 Å². The molecule has 0 heterocycles. The Hall–Kier alpha value is -2.63. The third-order valence-corrected chi connectivity index (χ3v) is 12.1. The molecule has 1 unspecified atom stereocenters. The van der Waals surface area contributed by atoms with Gasteiger partial charge in [-0.05, 0) is 64.2 Å². The number of esters is 3. The molecule has 1 atom stereocenters. The van der Waals surface area contributed by atoms with Crippen molar-refractivity contribution in [3.63, 3.8) is 0 Å². The molecule has 0 amide bonds. The van der Waals surface area contributed by atoms with Crippen LogP contribution in [0, 0.1) is 0 Å². The molecule has 0 saturated heterocycles. The number of rotatable bonds is 50. The Morgan fingerprint density at radius 3 is 0.891 bits per heavy atom. The third-order valence-electron chi connectivity index (χ3n) is 12.1. The SMILES string of the molecule is CCCC/C=C\C=C/CCCCCC(=O)OCC(COC(=O)CCCCCCCCCCCCCCCCCCCCC)OC(=O)CCCCC/C=C\C=C/CCCCCCCCC. The van der Waals surface area contributed by atoms with E-state index >= 15 is 0 Å².